The zero-order valence-electron chi connectivity index (χ0n) is 6.84. The van der Waals surface area contributed by atoms with Gasteiger partial charge in [0.15, 0.2) is 0 Å². The number of aliphatic hydroxyl groups excluding tert-OH is 1. The molecule has 0 amide bonds. The van der Waals surface area contributed by atoms with Crippen LogP contribution in [0.2, 0.25) is 0 Å². The molecule has 2 nitrogen and oxygen atoms in total. The van der Waals surface area contributed by atoms with Gasteiger partial charge in [-0.05, 0) is 24.5 Å². The molecular formula is C9H14O2. The van der Waals surface area contributed by atoms with Crippen molar-refractivity contribution in [2.45, 2.75) is 19.3 Å². The Balaban J connectivity index is 2.53. The van der Waals surface area contributed by atoms with Crippen LogP contribution in [-0.4, -0.2) is 18.8 Å². The van der Waals surface area contributed by atoms with Crippen LogP contribution in [0.4, 0.5) is 0 Å². The molecule has 62 valence electrons. The Kier molecular flexibility index (Phi) is 3.17. The Morgan fingerprint density at radius 2 is 2.45 bits per heavy atom. The number of hydrogen-bond acceptors (Lipinski definition) is 2. The van der Waals surface area contributed by atoms with Crippen molar-refractivity contribution in [2.24, 2.45) is 0 Å². The summed E-state index contributed by atoms with van der Waals surface area (Å²) in [5.74, 6) is 1.02. The van der Waals surface area contributed by atoms with Crippen LogP contribution >= 0.6 is 0 Å². The van der Waals surface area contributed by atoms with Crippen molar-refractivity contribution in [3.8, 4) is 0 Å². The predicted molar refractivity (Wildman–Crippen MR) is 44.1 cm³/mol. The van der Waals surface area contributed by atoms with Crippen molar-refractivity contribution >= 4 is 0 Å². The van der Waals surface area contributed by atoms with E-state index in [1.807, 2.05) is 6.08 Å². The maximum Gasteiger partial charge on any atom is 0.0961 e. The first-order valence-corrected chi connectivity index (χ1v) is 3.91. The summed E-state index contributed by atoms with van der Waals surface area (Å²) in [6.45, 7) is 0.222. The van der Waals surface area contributed by atoms with E-state index in [-0.39, 0.29) is 6.61 Å². The fraction of sp³-hybridized carbons (Fsp3) is 0.556. The summed E-state index contributed by atoms with van der Waals surface area (Å²) in [7, 11) is 1.69. The largest absolute Gasteiger partial charge is 0.501 e. The lowest BCUT2D eigenvalue weighted by Crippen LogP contribution is -1.96. The molecule has 0 aliphatic heterocycles. The first kappa shape index (κ1) is 8.34. The van der Waals surface area contributed by atoms with E-state index in [4.69, 9.17) is 9.84 Å². The first-order valence-electron chi connectivity index (χ1n) is 3.91. The molecular weight excluding hydrogens is 140 g/mol. The highest BCUT2D eigenvalue weighted by molar-refractivity contribution is 5.25. The van der Waals surface area contributed by atoms with E-state index in [0.29, 0.717) is 0 Å². The summed E-state index contributed by atoms with van der Waals surface area (Å²) in [6, 6.07) is 0. The molecule has 0 aromatic carbocycles. The average Bonchev–Trinajstić information content (AvgIpc) is 2.06. The number of rotatable bonds is 3. The topological polar surface area (TPSA) is 29.5 Å². The van der Waals surface area contributed by atoms with Gasteiger partial charge in [0.05, 0.1) is 12.9 Å². The van der Waals surface area contributed by atoms with Crippen LogP contribution in [-0.2, 0) is 4.74 Å². The second-order valence-corrected chi connectivity index (χ2v) is 2.61. The van der Waals surface area contributed by atoms with E-state index in [1.54, 1.807) is 7.11 Å². The fourth-order valence-corrected chi connectivity index (χ4v) is 1.20. The molecule has 0 unspecified atom stereocenters. The Morgan fingerprint density at radius 3 is 3.09 bits per heavy atom. The maximum atomic E-state index is 8.67. The normalized spacial score (nSPS) is 17.3. The SMILES string of the molecule is COC1=CC(CCO)=CCC1. The van der Waals surface area contributed by atoms with E-state index in [0.717, 1.165) is 25.0 Å². The van der Waals surface area contributed by atoms with Crippen LogP contribution in [0.3, 0.4) is 0 Å². The van der Waals surface area contributed by atoms with Gasteiger partial charge in [-0.2, -0.15) is 0 Å². The Labute approximate surface area is 67.2 Å². The van der Waals surface area contributed by atoms with Crippen molar-refractivity contribution in [1.29, 1.82) is 0 Å². The maximum absolute atomic E-state index is 8.67. The molecule has 0 aromatic heterocycles. The van der Waals surface area contributed by atoms with E-state index in [1.165, 1.54) is 5.57 Å². The lowest BCUT2D eigenvalue weighted by Gasteiger charge is -2.11. The third-order valence-electron chi connectivity index (χ3n) is 1.81. The van der Waals surface area contributed by atoms with Gasteiger partial charge >= 0.3 is 0 Å². The Bertz CT molecular complexity index is 180. The highest BCUT2D eigenvalue weighted by Crippen LogP contribution is 2.19. The molecule has 0 spiro atoms. The van der Waals surface area contributed by atoms with Gasteiger partial charge < -0.3 is 9.84 Å². The van der Waals surface area contributed by atoms with E-state index in [2.05, 4.69) is 6.08 Å². The molecule has 1 aliphatic rings. The van der Waals surface area contributed by atoms with Gasteiger partial charge in [-0.1, -0.05) is 6.08 Å². The molecule has 0 radical (unpaired) electrons. The van der Waals surface area contributed by atoms with Crippen LogP contribution in [0, 0.1) is 0 Å². The highest BCUT2D eigenvalue weighted by atomic mass is 16.5. The summed E-state index contributed by atoms with van der Waals surface area (Å²) in [5.41, 5.74) is 1.19. The van der Waals surface area contributed by atoms with Gasteiger partial charge in [0.25, 0.3) is 0 Å². The number of ether oxygens (including phenoxy) is 1. The molecule has 0 bridgehead atoms. The Hall–Kier alpha value is -0.760. The number of hydrogen-bond donors (Lipinski definition) is 1. The molecule has 0 fully saturated rings. The lowest BCUT2D eigenvalue weighted by atomic mass is 10.0. The smallest absolute Gasteiger partial charge is 0.0961 e. The minimum atomic E-state index is 0.222. The van der Waals surface area contributed by atoms with Gasteiger partial charge in [-0.3, -0.25) is 0 Å². The van der Waals surface area contributed by atoms with Gasteiger partial charge in [0.2, 0.25) is 0 Å². The summed E-state index contributed by atoms with van der Waals surface area (Å²) in [4.78, 5) is 0. The lowest BCUT2D eigenvalue weighted by molar-refractivity contribution is 0.273. The van der Waals surface area contributed by atoms with Crippen LogP contribution in [0.1, 0.15) is 19.3 Å². The van der Waals surface area contributed by atoms with Crippen LogP contribution in [0.15, 0.2) is 23.5 Å². The molecule has 1 rings (SSSR count). The van der Waals surface area contributed by atoms with Crippen molar-refractivity contribution in [3.63, 3.8) is 0 Å². The summed E-state index contributed by atoms with van der Waals surface area (Å²) >= 11 is 0. The third kappa shape index (κ3) is 2.39. The molecule has 0 atom stereocenters. The quantitative estimate of drug-likeness (QED) is 0.669. The zero-order chi connectivity index (χ0) is 8.10. The molecule has 0 heterocycles. The van der Waals surface area contributed by atoms with E-state index in [9.17, 15) is 0 Å². The second kappa shape index (κ2) is 4.19. The number of methoxy groups -OCH3 is 1. The van der Waals surface area contributed by atoms with Crippen molar-refractivity contribution in [3.05, 3.63) is 23.5 Å². The van der Waals surface area contributed by atoms with Gasteiger partial charge in [-0.15, -0.1) is 0 Å². The van der Waals surface area contributed by atoms with Crippen LogP contribution in [0.25, 0.3) is 0 Å². The molecule has 0 aromatic rings. The van der Waals surface area contributed by atoms with Crippen molar-refractivity contribution in [1.82, 2.24) is 0 Å². The number of allylic oxidation sites excluding steroid dienone is 3. The highest BCUT2D eigenvalue weighted by Gasteiger charge is 2.03. The van der Waals surface area contributed by atoms with Crippen molar-refractivity contribution < 1.29 is 9.84 Å². The van der Waals surface area contributed by atoms with Gasteiger partial charge in [0.1, 0.15) is 0 Å². The van der Waals surface area contributed by atoms with Crippen molar-refractivity contribution in [2.75, 3.05) is 13.7 Å². The first-order chi connectivity index (χ1) is 5.36. The molecule has 11 heavy (non-hydrogen) atoms. The van der Waals surface area contributed by atoms with E-state index >= 15 is 0 Å². The summed E-state index contributed by atoms with van der Waals surface area (Å²) in [5, 5.41) is 8.67. The standard InChI is InChI=1S/C9H14O2/c1-11-9-4-2-3-8(7-9)5-6-10/h3,7,10H,2,4-6H2,1H3. The van der Waals surface area contributed by atoms with Gasteiger partial charge in [0, 0.05) is 13.0 Å². The average molecular weight is 154 g/mol. The molecule has 1 N–H and O–H groups in total. The zero-order valence-corrected chi connectivity index (χ0v) is 6.84. The minimum absolute atomic E-state index is 0.222. The van der Waals surface area contributed by atoms with Crippen LogP contribution < -0.4 is 0 Å². The minimum Gasteiger partial charge on any atom is -0.501 e. The number of aliphatic hydroxyl groups is 1. The predicted octanol–water partition coefficient (Wildman–Crippen LogP) is 1.62. The molecule has 2 heteroatoms. The second-order valence-electron chi connectivity index (χ2n) is 2.61. The summed E-state index contributed by atoms with van der Waals surface area (Å²) < 4.78 is 5.11. The fourth-order valence-electron chi connectivity index (χ4n) is 1.20. The molecule has 1 aliphatic carbocycles. The van der Waals surface area contributed by atoms with Gasteiger partial charge in [-0.25, -0.2) is 0 Å². The van der Waals surface area contributed by atoms with Crippen LogP contribution in [0.5, 0.6) is 0 Å². The molecule has 0 saturated carbocycles. The summed E-state index contributed by atoms with van der Waals surface area (Å²) in [6.07, 6.45) is 6.94. The molecule has 0 saturated heterocycles. The van der Waals surface area contributed by atoms with E-state index < -0.39 is 0 Å². The Morgan fingerprint density at radius 1 is 1.64 bits per heavy atom. The third-order valence-corrected chi connectivity index (χ3v) is 1.81. The monoisotopic (exact) mass is 154 g/mol.